The van der Waals surface area contributed by atoms with Gasteiger partial charge in [0.2, 0.25) is 5.91 Å². The van der Waals surface area contributed by atoms with E-state index in [0.717, 1.165) is 5.56 Å². The van der Waals surface area contributed by atoms with Crippen LogP contribution in [0.3, 0.4) is 0 Å². The number of carboxylic acids is 1. The van der Waals surface area contributed by atoms with Gasteiger partial charge in [0, 0.05) is 12.0 Å². The zero-order valence-corrected chi connectivity index (χ0v) is 12.4. The van der Waals surface area contributed by atoms with Crippen molar-refractivity contribution in [2.45, 2.75) is 18.9 Å². The molecule has 0 aliphatic heterocycles. The summed E-state index contributed by atoms with van der Waals surface area (Å²) in [5.41, 5.74) is 1.23. The molecule has 0 fully saturated rings. The van der Waals surface area contributed by atoms with Gasteiger partial charge in [-0.25, -0.2) is 4.79 Å². The Balaban J connectivity index is 1.96. The van der Waals surface area contributed by atoms with E-state index >= 15 is 0 Å². The van der Waals surface area contributed by atoms with Crippen molar-refractivity contribution < 1.29 is 19.5 Å². The van der Waals surface area contributed by atoms with Crippen molar-refractivity contribution in [3.8, 4) is 0 Å². The molecule has 2 aromatic rings. The average molecular weight is 311 g/mol. The Bertz CT molecular complexity index is 683. The number of hydrogen-bond acceptors (Lipinski definition) is 3. The first-order valence-electron chi connectivity index (χ1n) is 7.20. The second-order valence-corrected chi connectivity index (χ2v) is 5.11. The van der Waals surface area contributed by atoms with Gasteiger partial charge < -0.3 is 10.4 Å². The summed E-state index contributed by atoms with van der Waals surface area (Å²) < 4.78 is 0. The molecule has 5 heteroatoms. The van der Waals surface area contributed by atoms with E-state index in [0.29, 0.717) is 5.56 Å². The molecule has 1 amide bonds. The average Bonchev–Trinajstić information content (AvgIpc) is 2.56. The van der Waals surface area contributed by atoms with Crippen molar-refractivity contribution in [3.63, 3.8) is 0 Å². The number of rotatable bonds is 7. The smallest absolute Gasteiger partial charge is 0.326 e. The van der Waals surface area contributed by atoms with Crippen molar-refractivity contribution in [3.05, 3.63) is 71.8 Å². The lowest BCUT2D eigenvalue weighted by Gasteiger charge is -2.14. The summed E-state index contributed by atoms with van der Waals surface area (Å²) in [7, 11) is 0. The van der Waals surface area contributed by atoms with Gasteiger partial charge in [-0.1, -0.05) is 60.7 Å². The van der Waals surface area contributed by atoms with Crippen LogP contribution in [0.2, 0.25) is 0 Å². The number of amides is 1. The molecule has 1 unspecified atom stereocenters. The van der Waals surface area contributed by atoms with Gasteiger partial charge in [0.15, 0.2) is 5.78 Å². The fourth-order valence-electron chi connectivity index (χ4n) is 2.17. The number of aliphatic carboxylic acids is 1. The monoisotopic (exact) mass is 311 g/mol. The standard InChI is InChI=1S/C18H17NO4/c20-16(14-9-5-2-6-10-14)12-17(21)19-15(18(22)23)11-13-7-3-1-4-8-13/h1-10,15H,11-12H2,(H,19,21)(H,22,23). The summed E-state index contributed by atoms with van der Waals surface area (Å²) in [6.45, 7) is 0. The third kappa shape index (κ3) is 5.07. The zero-order valence-electron chi connectivity index (χ0n) is 12.4. The first-order chi connectivity index (χ1) is 11.1. The Labute approximate surface area is 134 Å². The van der Waals surface area contributed by atoms with Crippen LogP contribution in [0.15, 0.2) is 60.7 Å². The first kappa shape index (κ1) is 16.4. The highest BCUT2D eigenvalue weighted by molar-refractivity contribution is 6.07. The van der Waals surface area contributed by atoms with Crippen molar-refractivity contribution in [2.75, 3.05) is 0 Å². The number of carboxylic acid groups (broad SMARTS) is 1. The maximum atomic E-state index is 12.0. The summed E-state index contributed by atoms with van der Waals surface area (Å²) in [5.74, 6) is -2.07. The highest BCUT2D eigenvalue weighted by Gasteiger charge is 2.21. The van der Waals surface area contributed by atoms with E-state index in [2.05, 4.69) is 5.32 Å². The van der Waals surface area contributed by atoms with Crippen molar-refractivity contribution >= 4 is 17.7 Å². The van der Waals surface area contributed by atoms with E-state index in [1.807, 2.05) is 6.07 Å². The molecule has 0 aromatic heterocycles. The Hall–Kier alpha value is -2.95. The second kappa shape index (κ2) is 7.89. The molecule has 0 radical (unpaired) electrons. The molecule has 2 rings (SSSR count). The molecular formula is C18H17NO4. The molecule has 0 saturated carbocycles. The molecule has 0 aliphatic carbocycles. The molecule has 23 heavy (non-hydrogen) atoms. The van der Waals surface area contributed by atoms with Crippen LogP contribution in [0.1, 0.15) is 22.3 Å². The topological polar surface area (TPSA) is 83.5 Å². The third-order valence-corrected chi connectivity index (χ3v) is 3.33. The minimum atomic E-state index is -1.13. The summed E-state index contributed by atoms with van der Waals surface area (Å²) in [6, 6.07) is 16.4. The third-order valence-electron chi connectivity index (χ3n) is 3.33. The number of benzene rings is 2. The van der Waals surface area contributed by atoms with E-state index < -0.39 is 17.9 Å². The number of hydrogen-bond donors (Lipinski definition) is 2. The number of Topliss-reactive ketones (excluding diaryl/α,β-unsaturated/α-hetero) is 1. The van der Waals surface area contributed by atoms with Gasteiger partial charge in [0.25, 0.3) is 0 Å². The van der Waals surface area contributed by atoms with Gasteiger partial charge in [-0.05, 0) is 5.56 Å². The van der Waals surface area contributed by atoms with Crippen molar-refractivity contribution in [2.24, 2.45) is 0 Å². The van der Waals surface area contributed by atoms with Gasteiger partial charge >= 0.3 is 5.97 Å². The van der Waals surface area contributed by atoms with Gasteiger partial charge in [0.05, 0.1) is 6.42 Å². The largest absolute Gasteiger partial charge is 0.480 e. The van der Waals surface area contributed by atoms with Gasteiger partial charge in [-0.15, -0.1) is 0 Å². The van der Waals surface area contributed by atoms with E-state index in [4.69, 9.17) is 0 Å². The quantitative estimate of drug-likeness (QED) is 0.605. The molecule has 1 atom stereocenters. The first-order valence-corrected chi connectivity index (χ1v) is 7.20. The van der Waals surface area contributed by atoms with Crippen LogP contribution in [0, 0.1) is 0 Å². The normalized spacial score (nSPS) is 11.5. The molecule has 0 bridgehead atoms. The predicted octanol–water partition coefficient (Wildman–Crippen LogP) is 2.07. The fraction of sp³-hybridized carbons (Fsp3) is 0.167. The number of nitrogens with one attached hydrogen (secondary N) is 1. The van der Waals surface area contributed by atoms with Gasteiger partial charge in [-0.2, -0.15) is 0 Å². The van der Waals surface area contributed by atoms with Gasteiger partial charge in [0.1, 0.15) is 6.04 Å². The molecule has 0 aliphatic rings. The van der Waals surface area contributed by atoms with Gasteiger partial charge in [-0.3, -0.25) is 9.59 Å². The summed E-state index contributed by atoms with van der Waals surface area (Å²) >= 11 is 0. The number of ketones is 1. The molecule has 0 spiro atoms. The predicted molar refractivity (Wildman–Crippen MR) is 85.1 cm³/mol. The Morgan fingerprint density at radius 1 is 0.913 bits per heavy atom. The van der Waals surface area contributed by atoms with Crippen LogP contribution in [-0.2, 0) is 16.0 Å². The van der Waals surface area contributed by atoms with Crippen molar-refractivity contribution in [1.82, 2.24) is 5.32 Å². The van der Waals surface area contributed by atoms with E-state index in [-0.39, 0.29) is 18.6 Å². The lowest BCUT2D eigenvalue weighted by atomic mass is 10.0. The fourth-order valence-corrected chi connectivity index (χ4v) is 2.17. The van der Waals surface area contributed by atoms with Crippen LogP contribution in [0.25, 0.3) is 0 Å². The summed E-state index contributed by atoms with van der Waals surface area (Å²) in [6.07, 6.45) is -0.204. The Kier molecular flexibility index (Phi) is 5.63. The molecule has 2 N–H and O–H groups in total. The van der Waals surface area contributed by atoms with E-state index in [1.54, 1.807) is 54.6 Å². The Morgan fingerprint density at radius 3 is 2.04 bits per heavy atom. The van der Waals surface area contributed by atoms with Crippen LogP contribution < -0.4 is 5.32 Å². The molecule has 5 nitrogen and oxygen atoms in total. The van der Waals surface area contributed by atoms with Crippen LogP contribution in [0.4, 0.5) is 0 Å². The SMILES string of the molecule is O=C(CC(=O)c1ccccc1)NC(Cc1ccccc1)C(=O)O. The van der Waals surface area contributed by atoms with Crippen LogP contribution >= 0.6 is 0 Å². The highest BCUT2D eigenvalue weighted by Crippen LogP contribution is 2.06. The summed E-state index contributed by atoms with van der Waals surface area (Å²) in [5, 5.41) is 11.6. The van der Waals surface area contributed by atoms with E-state index in [9.17, 15) is 19.5 Å². The van der Waals surface area contributed by atoms with Crippen LogP contribution in [0.5, 0.6) is 0 Å². The van der Waals surface area contributed by atoms with Crippen LogP contribution in [-0.4, -0.2) is 28.8 Å². The lowest BCUT2D eigenvalue weighted by molar-refractivity contribution is -0.141. The molecule has 0 saturated heterocycles. The Morgan fingerprint density at radius 2 is 1.48 bits per heavy atom. The second-order valence-electron chi connectivity index (χ2n) is 5.11. The molecule has 0 heterocycles. The van der Waals surface area contributed by atoms with E-state index in [1.165, 1.54) is 0 Å². The maximum absolute atomic E-state index is 12.0. The molecular weight excluding hydrogens is 294 g/mol. The minimum Gasteiger partial charge on any atom is -0.480 e. The highest BCUT2D eigenvalue weighted by atomic mass is 16.4. The molecule has 2 aromatic carbocycles. The molecule has 118 valence electrons. The lowest BCUT2D eigenvalue weighted by Crippen LogP contribution is -2.42. The number of carbonyl (C=O) groups is 3. The van der Waals surface area contributed by atoms with Crippen molar-refractivity contribution in [1.29, 1.82) is 0 Å². The number of carbonyl (C=O) groups excluding carboxylic acids is 2. The maximum Gasteiger partial charge on any atom is 0.326 e. The summed E-state index contributed by atoms with van der Waals surface area (Å²) in [4.78, 5) is 35.2. The minimum absolute atomic E-state index is 0.168. The zero-order chi connectivity index (χ0) is 16.7.